The molecule has 126 valence electrons. The average molecular weight is 322 g/mol. The highest BCUT2D eigenvalue weighted by atomic mass is 19.1. The summed E-state index contributed by atoms with van der Waals surface area (Å²) in [6.07, 6.45) is 1.37. The average Bonchev–Trinajstić information content (AvgIpc) is 2.83. The van der Waals surface area contributed by atoms with Crippen LogP contribution in [0.3, 0.4) is 0 Å². The lowest BCUT2D eigenvalue weighted by molar-refractivity contribution is -0.128. The maximum atomic E-state index is 13.2. The summed E-state index contributed by atoms with van der Waals surface area (Å²) in [4.78, 5) is 27.0. The number of carbonyl (C=O) groups is 2. The topological polar surface area (TPSA) is 64.7 Å². The first-order chi connectivity index (χ1) is 11.0. The molecule has 0 radical (unpaired) electrons. The van der Waals surface area contributed by atoms with Gasteiger partial charge in [-0.2, -0.15) is 0 Å². The van der Waals surface area contributed by atoms with Gasteiger partial charge in [-0.25, -0.2) is 9.18 Å². The van der Waals surface area contributed by atoms with Crippen LogP contribution in [-0.2, 0) is 4.79 Å². The molecule has 1 aromatic rings. The fourth-order valence-corrected chi connectivity index (χ4v) is 2.53. The number of anilines is 1. The smallest absolute Gasteiger partial charge is 0.315 e. The molecule has 0 aliphatic carbocycles. The Morgan fingerprint density at radius 2 is 2.26 bits per heavy atom. The number of likely N-dealkylation sites (tertiary alicyclic amines) is 1. The van der Waals surface area contributed by atoms with Crippen LogP contribution in [-0.4, -0.2) is 56.6 Å². The van der Waals surface area contributed by atoms with Gasteiger partial charge in [0.1, 0.15) is 11.9 Å². The predicted octanol–water partition coefficient (Wildman–Crippen LogP) is 1.18. The van der Waals surface area contributed by atoms with Crippen LogP contribution in [0.2, 0.25) is 0 Å². The van der Waals surface area contributed by atoms with Crippen molar-refractivity contribution in [3.05, 3.63) is 30.1 Å². The molecule has 1 aliphatic rings. The molecule has 1 atom stereocenters. The van der Waals surface area contributed by atoms with E-state index in [-0.39, 0.29) is 17.8 Å². The zero-order valence-corrected chi connectivity index (χ0v) is 13.5. The van der Waals surface area contributed by atoms with E-state index in [9.17, 15) is 14.0 Å². The Bertz CT molecular complexity index is 567. The summed E-state index contributed by atoms with van der Waals surface area (Å²) in [7, 11) is 3.60. The van der Waals surface area contributed by atoms with Crippen LogP contribution in [0.4, 0.5) is 14.9 Å². The van der Waals surface area contributed by atoms with Crippen LogP contribution in [0.25, 0.3) is 0 Å². The number of amides is 3. The van der Waals surface area contributed by atoms with Crippen LogP contribution >= 0.6 is 0 Å². The molecule has 0 bridgehead atoms. The lowest BCUT2D eigenvalue weighted by Crippen LogP contribution is -2.46. The summed E-state index contributed by atoms with van der Waals surface area (Å²) in [6, 6.07) is 5.64. The number of hydrogen-bond acceptors (Lipinski definition) is 3. The van der Waals surface area contributed by atoms with Gasteiger partial charge < -0.3 is 20.4 Å². The molecule has 2 N–H and O–H groups in total. The molecule has 6 nitrogen and oxygen atoms in total. The second-order valence-electron chi connectivity index (χ2n) is 5.76. The molecular weight excluding hydrogens is 299 g/mol. The first kappa shape index (κ1) is 17.1. The Labute approximate surface area is 135 Å². The van der Waals surface area contributed by atoms with Crippen LogP contribution in [0.5, 0.6) is 0 Å². The van der Waals surface area contributed by atoms with Crippen molar-refractivity contribution in [3.63, 3.8) is 0 Å². The lowest BCUT2D eigenvalue weighted by Gasteiger charge is -2.19. The van der Waals surface area contributed by atoms with Crippen molar-refractivity contribution in [2.45, 2.75) is 18.9 Å². The van der Waals surface area contributed by atoms with E-state index < -0.39 is 6.04 Å². The van der Waals surface area contributed by atoms with Crippen LogP contribution in [0.15, 0.2) is 24.3 Å². The summed E-state index contributed by atoms with van der Waals surface area (Å²) in [6.45, 7) is 1.85. The Morgan fingerprint density at radius 1 is 1.48 bits per heavy atom. The minimum Gasteiger partial charge on any atom is -0.374 e. The van der Waals surface area contributed by atoms with Crippen molar-refractivity contribution in [2.75, 3.05) is 38.6 Å². The molecule has 0 unspecified atom stereocenters. The van der Waals surface area contributed by atoms with E-state index in [1.54, 1.807) is 18.0 Å². The molecule has 23 heavy (non-hydrogen) atoms. The highest BCUT2D eigenvalue weighted by molar-refractivity contribution is 5.88. The molecule has 7 heteroatoms. The van der Waals surface area contributed by atoms with Crippen molar-refractivity contribution < 1.29 is 14.0 Å². The zero-order valence-electron chi connectivity index (χ0n) is 13.5. The van der Waals surface area contributed by atoms with Gasteiger partial charge >= 0.3 is 6.03 Å². The molecule has 1 aromatic carbocycles. The minimum absolute atomic E-state index is 0.0500. The van der Waals surface area contributed by atoms with Gasteiger partial charge in [0.2, 0.25) is 5.91 Å². The predicted molar refractivity (Wildman–Crippen MR) is 86.9 cm³/mol. The lowest BCUT2D eigenvalue weighted by atomic mass is 10.2. The number of nitrogens with one attached hydrogen (secondary N) is 2. The van der Waals surface area contributed by atoms with Crippen molar-refractivity contribution in [1.29, 1.82) is 0 Å². The summed E-state index contributed by atoms with van der Waals surface area (Å²) >= 11 is 0. The van der Waals surface area contributed by atoms with E-state index in [0.717, 1.165) is 12.1 Å². The van der Waals surface area contributed by atoms with Gasteiger partial charge in [-0.1, -0.05) is 6.07 Å². The van der Waals surface area contributed by atoms with E-state index in [4.69, 9.17) is 0 Å². The second kappa shape index (κ2) is 7.80. The summed E-state index contributed by atoms with van der Waals surface area (Å²) < 4.78 is 13.2. The van der Waals surface area contributed by atoms with Gasteiger partial charge in [0.25, 0.3) is 0 Å². The van der Waals surface area contributed by atoms with Gasteiger partial charge in [0, 0.05) is 39.4 Å². The highest BCUT2D eigenvalue weighted by Gasteiger charge is 2.29. The summed E-state index contributed by atoms with van der Waals surface area (Å²) in [5.41, 5.74) is 0.800. The van der Waals surface area contributed by atoms with Crippen LogP contribution in [0, 0.1) is 5.82 Å². The molecule has 3 amide bonds. The van der Waals surface area contributed by atoms with E-state index in [1.165, 1.54) is 12.1 Å². The standard InChI is InChI=1S/C16H23FN4O2/c1-20(13-6-3-5-12(17)11-13)9-4-8-18-16(23)19-14-7-10-21(2)15(14)22/h3,5-6,11,14H,4,7-10H2,1-2H3,(H2,18,19,23)/t14-/m1/s1. The molecule has 0 spiro atoms. The third-order valence-corrected chi connectivity index (χ3v) is 3.94. The van der Waals surface area contributed by atoms with E-state index in [2.05, 4.69) is 10.6 Å². The number of likely N-dealkylation sites (N-methyl/N-ethyl adjacent to an activating group) is 1. The zero-order chi connectivity index (χ0) is 16.8. The maximum absolute atomic E-state index is 13.2. The Balaban J connectivity index is 1.65. The number of benzene rings is 1. The first-order valence-electron chi connectivity index (χ1n) is 7.73. The van der Waals surface area contributed by atoms with E-state index >= 15 is 0 Å². The van der Waals surface area contributed by atoms with Gasteiger partial charge in [-0.15, -0.1) is 0 Å². The molecule has 0 aromatic heterocycles. The third kappa shape index (κ3) is 4.84. The van der Waals surface area contributed by atoms with Crippen molar-refractivity contribution in [1.82, 2.24) is 15.5 Å². The van der Waals surface area contributed by atoms with Crippen molar-refractivity contribution in [2.24, 2.45) is 0 Å². The Hall–Kier alpha value is -2.31. The molecular formula is C16H23FN4O2. The number of hydrogen-bond donors (Lipinski definition) is 2. The first-order valence-corrected chi connectivity index (χ1v) is 7.73. The quantitative estimate of drug-likeness (QED) is 0.773. The van der Waals surface area contributed by atoms with Gasteiger partial charge in [-0.3, -0.25) is 4.79 Å². The van der Waals surface area contributed by atoms with Gasteiger partial charge in [0.05, 0.1) is 0 Å². The molecule has 2 rings (SSSR count). The largest absolute Gasteiger partial charge is 0.374 e. The Kier molecular flexibility index (Phi) is 5.78. The van der Waals surface area contributed by atoms with E-state index in [1.807, 2.05) is 18.0 Å². The number of halogens is 1. The maximum Gasteiger partial charge on any atom is 0.315 e. The number of rotatable bonds is 6. The molecule has 1 fully saturated rings. The minimum atomic E-state index is -0.421. The number of nitrogens with zero attached hydrogens (tertiary/aromatic N) is 2. The normalized spacial score (nSPS) is 17.3. The van der Waals surface area contributed by atoms with Gasteiger partial charge in [-0.05, 0) is 31.0 Å². The van der Waals surface area contributed by atoms with Crippen molar-refractivity contribution >= 4 is 17.6 Å². The second-order valence-corrected chi connectivity index (χ2v) is 5.76. The molecule has 1 aliphatic heterocycles. The van der Waals surface area contributed by atoms with Crippen molar-refractivity contribution in [3.8, 4) is 0 Å². The molecule has 1 saturated heterocycles. The SMILES string of the molecule is CN1CC[C@@H](NC(=O)NCCCN(C)c2cccc(F)c2)C1=O. The number of carbonyl (C=O) groups excluding carboxylic acids is 2. The number of urea groups is 1. The third-order valence-electron chi connectivity index (χ3n) is 3.94. The summed E-state index contributed by atoms with van der Waals surface area (Å²) in [5.74, 6) is -0.316. The fraction of sp³-hybridized carbons (Fsp3) is 0.500. The monoisotopic (exact) mass is 322 g/mol. The molecule has 1 heterocycles. The summed E-state index contributed by atoms with van der Waals surface area (Å²) in [5, 5.41) is 5.42. The fourth-order valence-electron chi connectivity index (χ4n) is 2.53. The van der Waals surface area contributed by atoms with Gasteiger partial charge in [0.15, 0.2) is 0 Å². The highest BCUT2D eigenvalue weighted by Crippen LogP contribution is 2.13. The van der Waals surface area contributed by atoms with Crippen LogP contribution in [0.1, 0.15) is 12.8 Å². The Morgan fingerprint density at radius 3 is 2.91 bits per heavy atom. The van der Waals surface area contributed by atoms with E-state index in [0.29, 0.717) is 26.1 Å². The molecule has 0 saturated carbocycles. The van der Waals surface area contributed by atoms with Crippen LogP contribution < -0.4 is 15.5 Å².